The van der Waals surface area contributed by atoms with Gasteiger partial charge in [0.2, 0.25) is 11.8 Å². The summed E-state index contributed by atoms with van der Waals surface area (Å²) in [5.41, 5.74) is 2.07. The zero-order valence-electron chi connectivity index (χ0n) is 22.7. The summed E-state index contributed by atoms with van der Waals surface area (Å²) in [7, 11) is 1.84. The van der Waals surface area contributed by atoms with E-state index >= 15 is 0 Å². The molecule has 0 saturated heterocycles. The highest BCUT2D eigenvalue weighted by molar-refractivity contribution is 5.97. The van der Waals surface area contributed by atoms with Crippen molar-refractivity contribution < 1.29 is 19.4 Å². The van der Waals surface area contributed by atoms with Gasteiger partial charge in [-0.1, -0.05) is 68.4 Å². The molecule has 2 amide bonds. The molecule has 7 nitrogen and oxygen atoms in total. The van der Waals surface area contributed by atoms with Crippen LogP contribution in [-0.2, 0) is 11.2 Å². The Morgan fingerprint density at radius 3 is 2.68 bits per heavy atom. The van der Waals surface area contributed by atoms with Crippen LogP contribution in [0, 0.1) is 23.7 Å². The second kappa shape index (κ2) is 12.9. The standard InChI is InChI=1S/C31H39N3O4/c1-22-19-34(23(2)21-35)31(37)27-17-25(14-10-13-24-11-6-4-7-12-24)18-32-29(27)38-28(22)20-33(3)30(36)26-15-8-5-9-16-26/h4,6-7,11-12,17-18,22-23,26,28,35H,5,8-9,13,15-16,19-21H2,1-3H3/t22-,23+,28-/m0/s1. The number of aromatic nitrogens is 1. The lowest BCUT2D eigenvalue weighted by Gasteiger charge is -2.38. The smallest absolute Gasteiger partial charge is 0.259 e. The molecule has 3 atom stereocenters. The SMILES string of the molecule is C[C@H](CO)N1C[C@H](C)[C@H](CN(C)C(=O)C2CCCCC2)Oc2ncc(C#CCc3ccccc3)cc2C1=O. The van der Waals surface area contributed by atoms with Crippen LogP contribution in [0.1, 0.15) is 67.4 Å². The molecule has 0 spiro atoms. The van der Waals surface area contributed by atoms with Crippen LogP contribution in [0.4, 0.5) is 0 Å². The first kappa shape index (κ1) is 27.7. The van der Waals surface area contributed by atoms with Crippen LogP contribution in [0.5, 0.6) is 5.88 Å². The Kier molecular flexibility index (Phi) is 9.41. The number of rotatable bonds is 6. The Morgan fingerprint density at radius 2 is 1.97 bits per heavy atom. The molecule has 1 aliphatic heterocycles. The highest BCUT2D eigenvalue weighted by Gasteiger charge is 2.35. The summed E-state index contributed by atoms with van der Waals surface area (Å²) >= 11 is 0. The van der Waals surface area contributed by atoms with Crippen molar-refractivity contribution in [3.05, 3.63) is 59.3 Å². The normalized spacial score (nSPS) is 20.7. The molecule has 2 aromatic rings. The largest absolute Gasteiger partial charge is 0.472 e. The second-order valence-corrected chi connectivity index (χ2v) is 10.7. The van der Waals surface area contributed by atoms with Gasteiger partial charge in [0.25, 0.3) is 5.91 Å². The van der Waals surface area contributed by atoms with E-state index in [4.69, 9.17) is 4.74 Å². The van der Waals surface area contributed by atoms with Gasteiger partial charge >= 0.3 is 0 Å². The average Bonchev–Trinajstić information content (AvgIpc) is 2.95. The number of carbonyl (C=O) groups excluding carboxylic acids is 2. The van der Waals surface area contributed by atoms with Gasteiger partial charge in [0.1, 0.15) is 11.7 Å². The molecule has 1 N–H and O–H groups in total. The predicted molar refractivity (Wildman–Crippen MR) is 147 cm³/mol. The van der Waals surface area contributed by atoms with Gasteiger partial charge in [-0.05, 0) is 31.4 Å². The van der Waals surface area contributed by atoms with Gasteiger partial charge in [-0.3, -0.25) is 9.59 Å². The number of amides is 2. The Bertz CT molecular complexity index is 1170. The molecule has 1 aromatic heterocycles. The van der Waals surface area contributed by atoms with Gasteiger partial charge in [-0.15, -0.1) is 0 Å². The molecule has 1 saturated carbocycles. The van der Waals surface area contributed by atoms with Crippen LogP contribution in [0.3, 0.4) is 0 Å². The fraction of sp³-hybridized carbons (Fsp3) is 0.516. The number of aliphatic hydroxyl groups excluding tert-OH is 1. The molecule has 0 bridgehead atoms. The monoisotopic (exact) mass is 517 g/mol. The lowest BCUT2D eigenvalue weighted by Crippen LogP contribution is -2.51. The van der Waals surface area contributed by atoms with Gasteiger partial charge in [-0.2, -0.15) is 0 Å². The van der Waals surface area contributed by atoms with Gasteiger partial charge < -0.3 is 19.6 Å². The van der Waals surface area contributed by atoms with Gasteiger partial charge in [-0.25, -0.2) is 4.98 Å². The minimum Gasteiger partial charge on any atom is -0.472 e. The third-order valence-corrected chi connectivity index (χ3v) is 7.67. The minimum absolute atomic E-state index is 0.0742. The molecule has 0 unspecified atom stereocenters. The molecular weight excluding hydrogens is 478 g/mol. The number of hydrogen-bond acceptors (Lipinski definition) is 5. The molecule has 1 aliphatic carbocycles. The summed E-state index contributed by atoms with van der Waals surface area (Å²) in [5.74, 6) is 6.45. The van der Waals surface area contributed by atoms with Crippen molar-refractivity contribution in [2.24, 2.45) is 11.8 Å². The zero-order chi connectivity index (χ0) is 27.1. The molecule has 4 rings (SSSR count). The molecule has 202 valence electrons. The lowest BCUT2D eigenvalue weighted by atomic mass is 9.88. The van der Waals surface area contributed by atoms with Crippen LogP contribution in [0.15, 0.2) is 42.6 Å². The van der Waals surface area contributed by atoms with Crippen LogP contribution >= 0.6 is 0 Å². The summed E-state index contributed by atoms with van der Waals surface area (Å²) < 4.78 is 6.36. The summed E-state index contributed by atoms with van der Waals surface area (Å²) in [6.45, 7) is 4.51. The van der Waals surface area contributed by atoms with Gasteiger partial charge in [0.15, 0.2) is 0 Å². The maximum absolute atomic E-state index is 13.6. The number of fused-ring (bicyclic) bond motifs is 1. The first-order valence-corrected chi connectivity index (χ1v) is 13.7. The second-order valence-electron chi connectivity index (χ2n) is 10.7. The van der Waals surface area contributed by atoms with Crippen molar-refractivity contribution in [1.29, 1.82) is 0 Å². The van der Waals surface area contributed by atoms with Gasteiger partial charge in [0, 0.05) is 43.6 Å². The van der Waals surface area contributed by atoms with Crippen LogP contribution in [0.25, 0.3) is 0 Å². The van der Waals surface area contributed by atoms with Crippen LogP contribution in [0.2, 0.25) is 0 Å². The third kappa shape index (κ3) is 6.73. The Balaban J connectivity index is 1.58. The lowest BCUT2D eigenvalue weighted by molar-refractivity contribution is -0.136. The first-order chi connectivity index (χ1) is 18.4. The Hall–Kier alpha value is -3.37. The molecule has 1 aromatic carbocycles. The first-order valence-electron chi connectivity index (χ1n) is 13.7. The molecule has 0 radical (unpaired) electrons. The fourth-order valence-corrected chi connectivity index (χ4v) is 5.25. The highest BCUT2D eigenvalue weighted by atomic mass is 16.5. The minimum atomic E-state index is -0.369. The number of nitrogens with zero attached hydrogens (tertiary/aromatic N) is 3. The number of aliphatic hydroxyl groups is 1. The number of hydrogen-bond donors (Lipinski definition) is 1. The van der Waals surface area contributed by atoms with Crippen molar-refractivity contribution in [3.63, 3.8) is 0 Å². The highest BCUT2D eigenvalue weighted by Crippen LogP contribution is 2.29. The van der Waals surface area contributed by atoms with Crippen molar-refractivity contribution in [2.45, 2.75) is 64.5 Å². The number of carbonyl (C=O) groups is 2. The molecule has 7 heteroatoms. The number of likely N-dealkylation sites (N-methyl/N-ethyl adjacent to an activating group) is 1. The average molecular weight is 518 g/mol. The third-order valence-electron chi connectivity index (χ3n) is 7.67. The van der Waals surface area contributed by atoms with Crippen LogP contribution < -0.4 is 4.74 Å². The number of benzene rings is 1. The maximum Gasteiger partial charge on any atom is 0.259 e. The van der Waals surface area contributed by atoms with Crippen molar-refractivity contribution in [2.75, 3.05) is 26.7 Å². The van der Waals surface area contributed by atoms with Crippen molar-refractivity contribution in [1.82, 2.24) is 14.8 Å². The van der Waals surface area contributed by atoms with E-state index in [0.29, 0.717) is 30.6 Å². The number of pyridine rings is 1. The van der Waals surface area contributed by atoms with Gasteiger partial charge in [0.05, 0.1) is 19.2 Å². The van der Waals surface area contributed by atoms with Crippen molar-refractivity contribution >= 4 is 11.8 Å². The van der Waals surface area contributed by atoms with Crippen LogP contribution in [-0.4, -0.2) is 70.6 Å². The van der Waals surface area contributed by atoms with E-state index < -0.39 is 0 Å². The van der Waals surface area contributed by atoms with Crippen molar-refractivity contribution in [3.8, 4) is 17.7 Å². The summed E-state index contributed by atoms with van der Waals surface area (Å²) in [4.78, 5) is 34.7. The molecular formula is C31H39N3O4. The summed E-state index contributed by atoms with van der Waals surface area (Å²) in [6, 6.07) is 11.3. The predicted octanol–water partition coefficient (Wildman–Crippen LogP) is 3.93. The topological polar surface area (TPSA) is 83.0 Å². The molecule has 38 heavy (non-hydrogen) atoms. The summed E-state index contributed by atoms with van der Waals surface area (Å²) in [5, 5.41) is 9.89. The molecule has 2 aliphatic rings. The molecule has 2 heterocycles. The maximum atomic E-state index is 13.6. The van der Waals surface area contributed by atoms with E-state index in [1.54, 1.807) is 22.1 Å². The Labute approximate surface area is 226 Å². The van der Waals surface area contributed by atoms with E-state index in [-0.39, 0.29) is 48.3 Å². The zero-order valence-corrected chi connectivity index (χ0v) is 22.7. The van der Waals surface area contributed by atoms with E-state index in [2.05, 4.69) is 16.8 Å². The fourth-order valence-electron chi connectivity index (χ4n) is 5.25. The summed E-state index contributed by atoms with van der Waals surface area (Å²) in [6.07, 6.45) is 7.16. The molecule has 1 fully saturated rings. The number of ether oxygens (including phenoxy) is 1. The Morgan fingerprint density at radius 1 is 1.24 bits per heavy atom. The van der Waals surface area contributed by atoms with E-state index in [1.807, 2.05) is 51.2 Å². The van der Waals surface area contributed by atoms with E-state index in [1.165, 1.54) is 6.42 Å². The van der Waals surface area contributed by atoms with E-state index in [9.17, 15) is 14.7 Å². The quantitative estimate of drug-likeness (QED) is 0.587. The van der Waals surface area contributed by atoms with E-state index in [0.717, 1.165) is 31.2 Å².